The van der Waals surface area contributed by atoms with Crippen molar-refractivity contribution in [3.8, 4) is 0 Å². The van der Waals surface area contributed by atoms with E-state index < -0.39 is 0 Å². The summed E-state index contributed by atoms with van der Waals surface area (Å²) in [7, 11) is 2.26. The van der Waals surface area contributed by atoms with Gasteiger partial charge in [-0.05, 0) is 56.4 Å². The van der Waals surface area contributed by atoms with Crippen LogP contribution in [0.1, 0.15) is 89.7 Å². The second kappa shape index (κ2) is 16.1. The Morgan fingerprint density at radius 2 is 1.44 bits per heavy atom. The molecule has 1 aromatic rings. The van der Waals surface area contributed by atoms with Crippen LogP contribution in [-0.2, 0) is 13.0 Å². The highest BCUT2D eigenvalue weighted by Crippen LogP contribution is 2.13. The topological polar surface area (TPSA) is 15.3 Å². The third-order valence-electron chi connectivity index (χ3n) is 5.45. The van der Waals surface area contributed by atoms with Crippen LogP contribution in [-0.4, -0.2) is 31.6 Å². The van der Waals surface area contributed by atoms with Crippen molar-refractivity contribution in [3.63, 3.8) is 0 Å². The third kappa shape index (κ3) is 13.0. The Kier molecular flexibility index (Phi) is 14.4. The van der Waals surface area contributed by atoms with Crippen LogP contribution in [0, 0.1) is 5.92 Å². The molecule has 0 amide bonds. The van der Waals surface area contributed by atoms with E-state index in [1.807, 2.05) is 0 Å². The molecule has 0 fully saturated rings. The van der Waals surface area contributed by atoms with Gasteiger partial charge in [-0.25, -0.2) is 0 Å². The Labute approximate surface area is 170 Å². The highest BCUT2D eigenvalue weighted by molar-refractivity contribution is 5.22. The first kappa shape index (κ1) is 24.2. The largest absolute Gasteiger partial charge is 0.316 e. The number of hydrogen-bond acceptors (Lipinski definition) is 2. The quantitative estimate of drug-likeness (QED) is 0.316. The molecule has 0 bridgehead atoms. The van der Waals surface area contributed by atoms with E-state index >= 15 is 0 Å². The van der Waals surface area contributed by atoms with E-state index in [1.54, 1.807) is 0 Å². The molecule has 0 heterocycles. The van der Waals surface area contributed by atoms with E-state index in [0.717, 1.165) is 25.4 Å². The van der Waals surface area contributed by atoms with Crippen LogP contribution in [0.4, 0.5) is 0 Å². The molecule has 2 heteroatoms. The second-order valence-corrected chi connectivity index (χ2v) is 8.53. The number of hydrogen-bond donors (Lipinski definition) is 1. The molecule has 1 atom stereocenters. The summed E-state index contributed by atoms with van der Waals surface area (Å²) in [5.74, 6) is 0.800. The average Bonchev–Trinajstić information content (AvgIpc) is 2.66. The van der Waals surface area contributed by atoms with Crippen molar-refractivity contribution in [2.24, 2.45) is 5.92 Å². The van der Waals surface area contributed by atoms with Gasteiger partial charge in [0.1, 0.15) is 0 Å². The molecule has 0 aliphatic carbocycles. The van der Waals surface area contributed by atoms with Gasteiger partial charge in [-0.1, -0.05) is 90.0 Å². The van der Waals surface area contributed by atoms with Gasteiger partial charge < -0.3 is 10.2 Å². The van der Waals surface area contributed by atoms with E-state index in [0.29, 0.717) is 0 Å². The summed E-state index contributed by atoms with van der Waals surface area (Å²) >= 11 is 0. The van der Waals surface area contributed by atoms with Crippen LogP contribution in [0.15, 0.2) is 24.3 Å². The molecule has 0 aliphatic rings. The highest BCUT2D eigenvalue weighted by atomic mass is 15.1. The Bertz CT molecular complexity index is 440. The first-order chi connectivity index (χ1) is 13.2. The van der Waals surface area contributed by atoms with Crippen LogP contribution < -0.4 is 5.32 Å². The van der Waals surface area contributed by atoms with Crippen LogP contribution in [0.5, 0.6) is 0 Å². The summed E-state index contributed by atoms with van der Waals surface area (Å²) in [6, 6.07) is 9.27. The molecule has 0 spiro atoms. The Morgan fingerprint density at radius 1 is 0.815 bits per heavy atom. The van der Waals surface area contributed by atoms with Gasteiger partial charge >= 0.3 is 0 Å². The molecule has 0 saturated carbocycles. The third-order valence-corrected chi connectivity index (χ3v) is 5.45. The summed E-state index contributed by atoms with van der Waals surface area (Å²) in [6.45, 7) is 11.5. The monoisotopic (exact) mass is 374 g/mol. The lowest BCUT2D eigenvalue weighted by molar-refractivity contribution is 0.268. The number of benzene rings is 1. The van der Waals surface area contributed by atoms with Crippen molar-refractivity contribution in [1.29, 1.82) is 0 Å². The fourth-order valence-electron chi connectivity index (χ4n) is 3.76. The molecule has 2 nitrogen and oxygen atoms in total. The molecular weight excluding hydrogens is 328 g/mol. The standard InChI is InChI=1S/C25H46N2/c1-5-7-9-11-13-23(3)21-27(4)22-25-16-14-24(15-17-25)18-20-26-19-12-10-8-6-2/h14-17,23,26H,5-13,18-22H2,1-4H3. The lowest BCUT2D eigenvalue weighted by Gasteiger charge is -2.21. The minimum Gasteiger partial charge on any atom is -0.316 e. The van der Waals surface area contributed by atoms with Crippen LogP contribution in [0.3, 0.4) is 0 Å². The van der Waals surface area contributed by atoms with Crippen LogP contribution in [0.25, 0.3) is 0 Å². The van der Waals surface area contributed by atoms with Crippen molar-refractivity contribution in [3.05, 3.63) is 35.4 Å². The zero-order valence-electron chi connectivity index (χ0n) is 18.7. The van der Waals surface area contributed by atoms with Crippen LogP contribution >= 0.6 is 0 Å². The summed E-state index contributed by atoms with van der Waals surface area (Å²) in [6.07, 6.45) is 13.4. The first-order valence-corrected chi connectivity index (χ1v) is 11.6. The minimum absolute atomic E-state index is 0.800. The van der Waals surface area contributed by atoms with E-state index in [9.17, 15) is 0 Å². The smallest absolute Gasteiger partial charge is 0.0230 e. The number of rotatable bonds is 17. The van der Waals surface area contributed by atoms with Gasteiger partial charge in [-0.15, -0.1) is 0 Å². The van der Waals surface area contributed by atoms with Crippen molar-refractivity contribution >= 4 is 0 Å². The van der Waals surface area contributed by atoms with Gasteiger partial charge in [0, 0.05) is 13.1 Å². The first-order valence-electron chi connectivity index (χ1n) is 11.6. The Morgan fingerprint density at radius 3 is 2.11 bits per heavy atom. The normalized spacial score (nSPS) is 12.6. The van der Waals surface area contributed by atoms with Crippen molar-refractivity contribution in [2.75, 3.05) is 26.7 Å². The molecule has 0 radical (unpaired) electrons. The molecule has 156 valence electrons. The van der Waals surface area contributed by atoms with Crippen molar-refractivity contribution in [1.82, 2.24) is 10.2 Å². The predicted molar refractivity (Wildman–Crippen MR) is 121 cm³/mol. The highest BCUT2D eigenvalue weighted by Gasteiger charge is 2.07. The molecule has 1 unspecified atom stereocenters. The fourth-order valence-corrected chi connectivity index (χ4v) is 3.76. The van der Waals surface area contributed by atoms with E-state index in [-0.39, 0.29) is 0 Å². The maximum Gasteiger partial charge on any atom is 0.0230 e. The predicted octanol–water partition coefficient (Wildman–Crippen LogP) is 6.44. The zero-order chi connectivity index (χ0) is 19.7. The Hall–Kier alpha value is -0.860. The lowest BCUT2D eigenvalue weighted by atomic mass is 10.0. The SMILES string of the molecule is CCCCCCNCCc1ccc(CN(C)CC(C)CCCCCC)cc1. The Balaban J connectivity index is 2.17. The zero-order valence-corrected chi connectivity index (χ0v) is 18.7. The number of unbranched alkanes of at least 4 members (excludes halogenated alkanes) is 6. The average molecular weight is 375 g/mol. The summed E-state index contributed by atoms with van der Waals surface area (Å²) in [5.41, 5.74) is 2.89. The number of nitrogens with one attached hydrogen (secondary N) is 1. The van der Waals surface area contributed by atoms with Gasteiger partial charge in [-0.3, -0.25) is 0 Å². The fraction of sp³-hybridized carbons (Fsp3) is 0.760. The molecule has 27 heavy (non-hydrogen) atoms. The molecule has 0 saturated heterocycles. The maximum atomic E-state index is 3.58. The molecule has 1 rings (SSSR count). The molecular formula is C25H46N2. The summed E-state index contributed by atoms with van der Waals surface area (Å²) in [4.78, 5) is 2.48. The summed E-state index contributed by atoms with van der Waals surface area (Å²) < 4.78 is 0. The van der Waals surface area contributed by atoms with Gasteiger partial charge in [0.25, 0.3) is 0 Å². The van der Waals surface area contributed by atoms with E-state index in [2.05, 4.69) is 62.3 Å². The van der Waals surface area contributed by atoms with Crippen molar-refractivity contribution in [2.45, 2.75) is 91.5 Å². The molecule has 0 aromatic heterocycles. The van der Waals surface area contributed by atoms with Crippen molar-refractivity contribution < 1.29 is 0 Å². The number of nitrogens with zero attached hydrogens (tertiary/aromatic N) is 1. The van der Waals surface area contributed by atoms with Crippen LogP contribution in [0.2, 0.25) is 0 Å². The maximum absolute atomic E-state index is 3.58. The van der Waals surface area contributed by atoms with Gasteiger partial charge in [0.2, 0.25) is 0 Å². The molecule has 0 aliphatic heterocycles. The molecule has 1 aromatic carbocycles. The van der Waals surface area contributed by atoms with Gasteiger partial charge in [-0.2, -0.15) is 0 Å². The minimum atomic E-state index is 0.800. The van der Waals surface area contributed by atoms with Gasteiger partial charge in [0.15, 0.2) is 0 Å². The second-order valence-electron chi connectivity index (χ2n) is 8.53. The lowest BCUT2D eigenvalue weighted by Crippen LogP contribution is -2.24. The van der Waals surface area contributed by atoms with E-state index in [4.69, 9.17) is 0 Å². The summed E-state index contributed by atoms with van der Waals surface area (Å²) in [5, 5.41) is 3.58. The van der Waals surface area contributed by atoms with E-state index in [1.165, 1.54) is 82.0 Å². The van der Waals surface area contributed by atoms with Gasteiger partial charge in [0.05, 0.1) is 0 Å². The molecule has 1 N–H and O–H groups in total.